The van der Waals surface area contributed by atoms with Crippen LogP contribution in [0.2, 0.25) is 0 Å². The van der Waals surface area contributed by atoms with Gasteiger partial charge in [-0.3, -0.25) is 23.9 Å². The summed E-state index contributed by atoms with van der Waals surface area (Å²) in [4.78, 5) is 47.2. The van der Waals surface area contributed by atoms with E-state index in [9.17, 15) is 28.0 Å². The van der Waals surface area contributed by atoms with Gasteiger partial charge in [-0.2, -0.15) is 0 Å². The third-order valence-electron chi connectivity index (χ3n) is 3.49. The maximum Gasteiger partial charge on any atom is 0.330 e. The maximum absolute atomic E-state index is 12.9. The number of nitrogens with zero attached hydrogens (tertiary/aromatic N) is 1. The first-order chi connectivity index (χ1) is 11.7. The lowest BCUT2D eigenvalue weighted by Crippen LogP contribution is -2.34. The molecule has 1 unspecified atom stereocenters. The minimum Gasteiger partial charge on any atom is -0.463 e. The smallest absolute Gasteiger partial charge is 0.330 e. The zero-order chi connectivity index (χ0) is 18.7. The SMILES string of the molecule is CC(=O)OC[C@@H]1O[C@H](n2cc(C(F)F)c(=O)[nH]c2=O)CC1OC(C)=O. The number of rotatable bonds is 5. The molecule has 1 aliphatic rings. The molecule has 0 aromatic carbocycles. The van der Waals surface area contributed by atoms with Crippen LogP contribution in [0, 0.1) is 0 Å². The maximum atomic E-state index is 12.9. The largest absolute Gasteiger partial charge is 0.463 e. The van der Waals surface area contributed by atoms with Crippen molar-refractivity contribution in [1.29, 1.82) is 0 Å². The van der Waals surface area contributed by atoms with Gasteiger partial charge in [0.1, 0.15) is 25.0 Å². The second kappa shape index (κ2) is 7.55. The third kappa shape index (κ3) is 4.50. The third-order valence-corrected chi connectivity index (χ3v) is 3.49. The van der Waals surface area contributed by atoms with Gasteiger partial charge in [-0.25, -0.2) is 13.6 Å². The number of hydrogen-bond donors (Lipinski definition) is 1. The van der Waals surface area contributed by atoms with E-state index in [1.54, 1.807) is 4.98 Å². The number of carbonyl (C=O) groups is 2. The van der Waals surface area contributed by atoms with E-state index >= 15 is 0 Å². The van der Waals surface area contributed by atoms with E-state index < -0.39 is 53.6 Å². The number of halogens is 2. The zero-order valence-corrected chi connectivity index (χ0v) is 13.4. The van der Waals surface area contributed by atoms with E-state index in [0.29, 0.717) is 6.20 Å². The number of aromatic amines is 1. The van der Waals surface area contributed by atoms with Crippen molar-refractivity contribution in [3.8, 4) is 0 Å². The van der Waals surface area contributed by atoms with Crippen LogP contribution in [0.15, 0.2) is 15.8 Å². The average Bonchev–Trinajstić information content (AvgIpc) is 2.86. The van der Waals surface area contributed by atoms with Gasteiger partial charge in [0, 0.05) is 26.5 Å². The van der Waals surface area contributed by atoms with E-state index in [1.165, 1.54) is 6.92 Å². The van der Waals surface area contributed by atoms with Crippen molar-refractivity contribution < 1.29 is 32.6 Å². The normalized spacial score (nSPS) is 22.8. The Kier molecular flexibility index (Phi) is 5.67. The van der Waals surface area contributed by atoms with Gasteiger partial charge < -0.3 is 14.2 Å². The molecule has 11 heteroatoms. The van der Waals surface area contributed by atoms with Gasteiger partial charge in [-0.1, -0.05) is 0 Å². The van der Waals surface area contributed by atoms with Crippen LogP contribution in [0.5, 0.6) is 0 Å². The molecule has 0 aliphatic carbocycles. The molecule has 9 nitrogen and oxygen atoms in total. The van der Waals surface area contributed by atoms with E-state index in [2.05, 4.69) is 0 Å². The van der Waals surface area contributed by atoms with Crippen molar-refractivity contribution in [3.05, 3.63) is 32.6 Å². The Morgan fingerprint density at radius 1 is 1.36 bits per heavy atom. The van der Waals surface area contributed by atoms with Crippen LogP contribution < -0.4 is 11.2 Å². The number of alkyl halides is 2. The molecule has 1 aromatic heterocycles. The molecular weight excluding hydrogens is 346 g/mol. The summed E-state index contributed by atoms with van der Waals surface area (Å²) in [6.07, 6.45) is -5.23. The van der Waals surface area contributed by atoms with Crippen LogP contribution >= 0.6 is 0 Å². The lowest BCUT2D eigenvalue weighted by Gasteiger charge is -2.17. The van der Waals surface area contributed by atoms with Crippen LogP contribution in [0.3, 0.4) is 0 Å². The van der Waals surface area contributed by atoms with Gasteiger partial charge in [-0.05, 0) is 0 Å². The fraction of sp³-hybridized carbons (Fsp3) is 0.571. The molecule has 1 saturated heterocycles. The standard InChI is InChI=1S/C14H16F2N2O7/c1-6(19)23-5-10-9(24-7(2)20)3-11(25-10)18-4-8(12(15)16)13(21)17-14(18)22/h4,9-12H,3,5H2,1-2H3,(H,17,21,22)/t9?,10-,11-/m0/s1. The summed E-state index contributed by atoms with van der Waals surface area (Å²) in [6.45, 7) is 2.09. The van der Waals surface area contributed by atoms with Crippen molar-refractivity contribution >= 4 is 11.9 Å². The Hall–Kier alpha value is -2.56. The highest BCUT2D eigenvalue weighted by molar-refractivity contribution is 5.66. The minimum atomic E-state index is -3.09. The van der Waals surface area contributed by atoms with Crippen LogP contribution in [-0.2, 0) is 23.8 Å². The van der Waals surface area contributed by atoms with Gasteiger partial charge in [-0.15, -0.1) is 0 Å². The first-order valence-electron chi connectivity index (χ1n) is 7.28. The Balaban J connectivity index is 2.29. The first kappa shape index (κ1) is 18.8. The second-order valence-corrected chi connectivity index (χ2v) is 5.37. The van der Waals surface area contributed by atoms with E-state index in [-0.39, 0.29) is 13.0 Å². The summed E-state index contributed by atoms with van der Waals surface area (Å²) in [5.74, 6) is -1.21. The first-order valence-corrected chi connectivity index (χ1v) is 7.28. The Bertz CT molecular complexity index is 773. The monoisotopic (exact) mass is 362 g/mol. The van der Waals surface area contributed by atoms with E-state index in [0.717, 1.165) is 11.5 Å². The number of ether oxygens (including phenoxy) is 3. The van der Waals surface area contributed by atoms with Gasteiger partial charge in [0.15, 0.2) is 0 Å². The molecule has 0 radical (unpaired) electrons. The molecule has 25 heavy (non-hydrogen) atoms. The number of esters is 2. The molecule has 1 fully saturated rings. The molecular formula is C14H16F2N2O7. The van der Waals surface area contributed by atoms with E-state index in [4.69, 9.17) is 14.2 Å². The number of hydrogen-bond acceptors (Lipinski definition) is 7. The summed E-state index contributed by atoms with van der Waals surface area (Å²) in [6, 6.07) is 0. The molecule has 138 valence electrons. The lowest BCUT2D eigenvalue weighted by atomic mass is 10.2. The molecule has 0 bridgehead atoms. The summed E-state index contributed by atoms with van der Waals surface area (Å²) in [5, 5.41) is 0. The molecule has 1 N–H and O–H groups in total. The van der Waals surface area contributed by atoms with Crippen molar-refractivity contribution in [3.63, 3.8) is 0 Å². The molecule has 0 saturated carbocycles. The molecule has 2 rings (SSSR count). The Morgan fingerprint density at radius 3 is 2.60 bits per heavy atom. The Labute approximate surface area is 139 Å². The predicted octanol–water partition coefficient (Wildman–Crippen LogP) is 0.256. The van der Waals surface area contributed by atoms with Crippen LogP contribution in [0.4, 0.5) is 8.78 Å². The molecule has 1 aromatic rings. The number of aromatic nitrogens is 2. The molecule has 0 amide bonds. The molecule has 2 heterocycles. The van der Waals surface area contributed by atoms with Crippen molar-refractivity contribution in [2.24, 2.45) is 0 Å². The fourth-order valence-electron chi connectivity index (χ4n) is 2.43. The van der Waals surface area contributed by atoms with Gasteiger partial charge >= 0.3 is 17.6 Å². The molecule has 1 aliphatic heterocycles. The number of nitrogens with one attached hydrogen (secondary N) is 1. The van der Waals surface area contributed by atoms with Crippen molar-refractivity contribution in [1.82, 2.24) is 9.55 Å². The lowest BCUT2D eigenvalue weighted by molar-refractivity contribution is -0.155. The van der Waals surface area contributed by atoms with Crippen molar-refractivity contribution in [2.75, 3.05) is 6.61 Å². The second-order valence-electron chi connectivity index (χ2n) is 5.37. The fourth-order valence-corrected chi connectivity index (χ4v) is 2.43. The van der Waals surface area contributed by atoms with E-state index in [1.807, 2.05) is 0 Å². The van der Waals surface area contributed by atoms with Crippen LogP contribution in [-0.4, -0.2) is 40.3 Å². The van der Waals surface area contributed by atoms with Gasteiger partial charge in [0.2, 0.25) is 0 Å². The minimum absolute atomic E-state index is 0.0415. The summed E-state index contributed by atoms with van der Waals surface area (Å²) >= 11 is 0. The Morgan fingerprint density at radius 2 is 2.04 bits per heavy atom. The van der Waals surface area contributed by atoms with Crippen LogP contribution in [0.1, 0.15) is 38.5 Å². The molecule has 3 atom stereocenters. The quantitative estimate of drug-likeness (QED) is 0.747. The number of carbonyl (C=O) groups excluding carboxylic acids is 2. The average molecular weight is 362 g/mol. The highest BCUT2D eigenvalue weighted by Crippen LogP contribution is 2.30. The molecule has 0 spiro atoms. The highest BCUT2D eigenvalue weighted by Gasteiger charge is 2.40. The van der Waals surface area contributed by atoms with Gasteiger partial charge in [0.25, 0.3) is 12.0 Å². The summed E-state index contributed by atoms with van der Waals surface area (Å²) in [5.41, 5.74) is -3.04. The predicted molar refractivity (Wildman–Crippen MR) is 77.0 cm³/mol. The topological polar surface area (TPSA) is 117 Å². The van der Waals surface area contributed by atoms with Gasteiger partial charge in [0.05, 0.1) is 5.56 Å². The summed E-state index contributed by atoms with van der Waals surface area (Å²) in [7, 11) is 0. The zero-order valence-electron chi connectivity index (χ0n) is 13.4. The highest BCUT2D eigenvalue weighted by atomic mass is 19.3. The van der Waals surface area contributed by atoms with Crippen LogP contribution in [0.25, 0.3) is 0 Å². The number of H-pyrrole nitrogens is 1. The summed E-state index contributed by atoms with van der Waals surface area (Å²) < 4.78 is 41.9. The van der Waals surface area contributed by atoms with Crippen molar-refractivity contribution in [2.45, 2.75) is 45.1 Å².